The predicted octanol–water partition coefficient (Wildman–Crippen LogP) is 5.24. The third-order valence-electron chi connectivity index (χ3n) is 6.68. The van der Waals surface area contributed by atoms with Gasteiger partial charge in [-0.3, -0.25) is 14.4 Å². The van der Waals surface area contributed by atoms with E-state index >= 15 is 0 Å². The first-order valence-electron chi connectivity index (χ1n) is 13.5. The van der Waals surface area contributed by atoms with E-state index in [2.05, 4.69) is 5.32 Å². The second-order valence-corrected chi connectivity index (χ2v) is 11.4. The molecule has 1 aromatic carbocycles. The van der Waals surface area contributed by atoms with Crippen molar-refractivity contribution in [3.63, 3.8) is 0 Å². The zero-order chi connectivity index (χ0) is 28.2. The number of amides is 1. The van der Waals surface area contributed by atoms with Gasteiger partial charge < -0.3 is 24.3 Å². The van der Waals surface area contributed by atoms with Gasteiger partial charge in [-0.25, -0.2) is 0 Å². The molecule has 1 aliphatic rings. The molecule has 0 heterocycles. The normalized spacial score (nSPS) is 16.5. The lowest BCUT2D eigenvalue weighted by atomic mass is 9.75. The topological polar surface area (TPSA) is 100 Å². The molecule has 8 nitrogen and oxygen atoms in total. The van der Waals surface area contributed by atoms with Gasteiger partial charge in [0.15, 0.2) is 0 Å². The third-order valence-corrected chi connectivity index (χ3v) is 7.05. The van der Waals surface area contributed by atoms with Gasteiger partial charge in [0, 0.05) is 18.7 Å². The van der Waals surface area contributed by atoms with Crippen molar-refractivity contribution >= 4 is 29.4 Å². The van der Waals surface area contributed by atoms with Crippen LogP contribution in [0.2, 0.25) is 5.02 Å². The molecule has 2 rings (SSSR count). The van der Waals surface area contributed by atoms with Gasteiger partial charge in [0.05, 0.1) is 43.6 Å². The average Bonchev–Trinajstić information content (AvgIpc) is 3.32. The Morgan fingerprint density at radius 2 is 1.82 bits per heavy atom. The SMILES string of the molecule is CCOC(=O)C[C@@H](COCc1ccccc1Cl)NC(=O)C1(C[C@@H](CCOC)C(=O)OC(C)(C)C)CCCC1. The number of esters is 2. The van der Waals surface area contributed by atoms with E-state index in [0.29, 0.717) is 37.3 Å². The smallest absolute Gasteiger partial charge is 0.309 e. The summed E-state index contributed by atoms with van der Waals surface area (Å²) in [5.41, 5.74) is -0.539. The van der Waals surface area contributed by atoms with Crippen molar-refractivity contribution in [1.29, 1.82) is 0 Å². The molecule has 0 spiro atoms. The first-order chi connectivity index (χ1) is 18.0. The summed E-state index contributed by atoms with van der Waals surface area (Å²) in [5, 5.41) is 3.65. The summed E-state index contributed by atoms with van der Waals surface area (Å²) in [5.74, 6) is -1.37. The van der Waals surface area contributed by atoms with E-state index < -0.39 is 28.9 Å². The van der Waals surface area contributed by atoms with E-state index in [-0.39, 0.29) is 38.1 Å². The van der Waals surface area contributed by atoms with Crippen molar-refractivity contribution in [3.8, 4) is 0 Å². The number of nitrogens with one attached hydrogen (secondary N) is 1. The van der Waals surface area contributed by atoms with E-state index in [1.54, 1.807) is 20.1 Å². The van der Waals surface area contributed by atoms with Gasteiger partial charge in [0.25, 0.3) is 0 Å². The molecule has 9 heteroatoms. The molecule has 1 N–H and O–H groups in total. The molecular weight excluding hydrogens is 510 g/mol. The molecule has 0 aromatic heterocycles. The van der Waals surface area contributed by atoms with Gasteiger partial charge in [-0.15, -0.1) is 0 Å². The minimum atomic E-state index is -0.731. The standard InChI is InChI=1S/C29H44ClNO7/c1-6-37-25(32)17-23(20-36-19-22-11-7-8-12-24(22)30)31-27(34)29(14-9-10-15-29)18-21(13-16-35-5)26(33)38-28(2,3)4/h7-8,11-12,21,23H,6,9-10,13-20H2,1-5H3,(H,31,34)/t21-,23+/m1/s1. The maximum Gasteiger partial charge on any atom is 0.309 e. The summed E-state index contributed by atoms with van der Waals surface area (Å²) in [6.07, 6.45) is 3.93. The number of ether oxygens (including phenoxy) is 4. The summed E-state index contributed by atoms with van der Waals surface area (Å²) >= 11 is 6.23. The Morgan fingerprint density at radius 1 is 1.13 bits per heavy atom. The van der Waals surface area contributed by atoms with Gasteiger partial charge in [-0.2, -0.15) is 0 Å². The fourth-order valence-corrected chi connectivity index (χ4v) is 5.02. The summed E-state index contributed by atoms with van der Waals surface area (Å²) in [6, 6.07) is 6.78. The number of rotatable bonds is 15. The monoisotopic (exact) mass is 553 g/mol. The summed E-state index contributed by atoms with van der Waals surface area (Å²) in [7, 11) is 1.59. The highest BCUT2D eigenvalue weighted by Crippen LogP contribution is 2.44. The number of methoxy groups -OCH3 is 1. The largest absolute Gasteiger partial charge is 0.466 e. The van der Waals surface area contributed by atoms with Crippen LogP contribution < -0.4 is 5.32 Å². The lowest BCUT2D eigenvalue weighted by Crippen LogP contribution is -2.48. The number of benzene rings is 1. The van der Waals surface area contributed by atoms with Crippen LogP contribution in [0.1, 0.15) is 78.2 Å². The van der Waals surface area contributed by atoms with Crippen molar-refractivity contribution in [2.24, 2.45) is 11.3 Å². The van der Waals surface area contributed by atoms with E-state index in [1.165, 1.54) is 0 Å². The van der Waals surface area contributed by atoms with Gasteiger partial charge >= 0.3 is 11.9 Å². The van der Waals surface area contributed by atoms with Crippen LogP contribution in [0.4, 0.5) is 0 Å². The van der Waals surface area contributed by atoms with Crippen LogP contribution in [0.5, 0.6) is 0 Å². The van der Waals surface area contributed by atoms with Crippen LogP contribution in [0.3, 0.4) is 0 Å². The lowest BCUT2D eigenvalue weighted by molar-refractivity contribution is -0.162. The van der Waals surface area contributed by atoms with Gasteiger partial charge in [-0.1, -0.05) is 42.6 Å². The fourth-order valence-electron chi connectivity index (χ4n) is 4.83. The quantitative estimate of drug-likeness (QED) is 0.296. The van der Waals surface area contributed by atoms with Gasteiger partial charge in [-0.05, 0) is 65.0 Å². The summed E-state index contributed by atoms with van der Waals surface area (Å²) in [4.78, 5) is 39.2. The minimum absolute atomic E-state index is 0.0165. The second kappa shape index (κ2) is 15.4. The maximum atomic E-state index is 13.8. The fraction of sp³-hybridized carbons (Fsp3) is 0.690. The molecule has 214 valence electrons. The highest BCUT2D eigenvalue weighted by atomic mass is 35.5. The van der Waals surface area contributed by atoms with E-state index in [1.807, 2.05) is 39.0 Å². The highest BCUT2D eigenvalue weighted by molar-refractivity contribution is 6.31. The second-order valence-electron chi connectivity index (χ2n) is 11.0. The number of halogens is 1. The molecule has 0 unspecified atom stereocenters. The molecule has 1 aliphatic carbocycles. The molecule has 1 amide bonds. The van der Waals surface area contributed by atoms with Crippen molar-refractivity contribution in [2.45, 2.75) is 90.9 Å². The molecule has 1 saturated carbocycles. The van der Waals surface area contributed by atoms with Crippen molar-refractivity contribution in [3.05, 3.63) is 34.9 Å². The van der Waals surface area contributed by atoms with Gasteiger partial charge in [0.2, 0.25) is 5.91 Å². The Bertz CT molecular complexity index is 908. The molecule has 0 saturated heterocycles. The molecule has 1 fully saturated rings. The zero-order valence-electron chi connectivity index (χ0n) is 23.5. The van der Waals surface area contributed by atoms with Crippen LogP contribution in [0.25, 0.3) is 0 Å². The highest BCUT2D eigenvalue weighted by Gasteiger charge is 2.45. The Hall–Kier alpha value is -2.16. The zero-order valence-corrected chi connectivity index (χ0v) is 24.2. The number of hydrogen-bond acceptors (Lipinski definition) is 7. The van der Waals surface area contributed by atoms with Crippen molar-refractivity contribution in [2.75, 3.05) is 26.9 Å². The Morgan fingerprint density at radius 3 is 2.42 bits per heavy atom. The van der Waals surface area contributed by atoms with Crippen LogP contribution in [0.15, 0.2) is 24.3 Å². The number of carbonyl (C=O) groups excluding carboxylic acids is 3. The molecule has 1 aromatic rings. The van der Waals surface area contributed by atoms with Crippen LogP contribution in [0, 0.1) is 11.3 Å². The first-order valence-corrected chi connectivity index (χ1v) is 13.9. The molecule has 0 bridgehead atoms. The van der Waals surface area contributed by atoms with Crippen molar-refractivity contribution in [1.82, 2.24) is 5.32 Å². The molecule has 0 radical (unpaired) electrons. The maximum absolute atomic E-state index is 13.8. The predicted molar refractivity (Wildman–Crippen MR) is 146 cm³/mol. The molecule has 0 aliphatic heterocycles. The van der Waals surface area contributed by atoms with Crippen LogP contribution in [-0.2, 0) is 39.9 Å². The number of hydrogen-bond donors (Lipinski definition) is 1. The Balaban J connectivity index is 2.16. The summed E-state index contributed by atoms with van der Waals surface area (Å²) < 4.78 is 21.9. The molecular formula is C29H44ClNO7. The van der Waals surface area contributed by atoms with Crippen LogP contribution >= 0.6 is 11.6 Å². The third kappa shape index (κ3) is 10.5. The minimum Gasteiger partial charge on any atom is -0.466 e. The Kier molecular flexibility index (Phi) is 13.0. The van der Waals surface area contributed by atoms with Crippen LogP contribution in [-0.4, -0.2) is 56.4 Å². The van der Waals surface area contributed by atoms with E-state index in [0.717, 1.165) is 18.4 Å². The molecule has 2 atom stereocenters. The first kappa shape index (κ1) is 32.1. The van der Waals surface area contributed by atoms with Crippen molar-refractivity contribution < 1.29 is 33.3 Å². The van der Waals surface area contributed by atoms with Gasteiger partial charge in [0.1, 0.15) is 5.60 Å². The van der Waals surface area contributed by atoms with E-state index in [4.69, 9.17) is 30.5 Å². The number of carbonyl (C=O) groups is 3. The summed E-state index contributed by atoms with van der Waals surface area (Å²) in [6.45, 7) is 8.24. The van der Waals surface area contributed by atoms with E-state index in [9.17, 15) is 14.4 Å². The average molecular weight is 554 g/mol. The Labute approximate surface area is 232 Å². The lowest BCUT2D eigenvalue weighted by Gasteiger charge is -2.34. The molecule has 38 heavy (non-hydrogen) atoms.